The first kappa shape index (κ1) is 20.5. The highest BCUT2D eigenvalue weighted by Gasteiger charge is 2.30. The summed E-state index contributed by atoms with van der Waals surface area (Å²) < 4.78 is 0. The van der Waals surface area contributed by atoms with Gasteiger partial charge in [-0.2, -0.15) is 0 Å². The Morgan fingerprint density at radius 3 is 2.64 bits per heavy atom. The van der Waals surface area contributed by atoms with E-state index in [0.29, 0.717) is 6.04 Å². The first-order valence-corrected chi connectivity index (χ1v) is 9.43. The van der Waals surface area contributed by atoms with Crippen molar-refractivity contribution in [2.24, 2.45) is 4.99 Å². The minimum Gasteiger partial charge on any atom is -0.352 e. The molecular formula is C20H33IN4. The molecule has 0 radical (unpaired) electrons. The smallest absolute Gasteiger partial charge is 0.191 e. The van der Waals surface area contributed by atoms with Crippen molar-refractivity contribution >= 4 is 29.9 Å². The second-order valence-electron chi connectivity index (χ2n) is 7.42. The van der Waals surface area contributed by atoms with Gasteiger partial charge in [-0.05, 0) is 44.2 Å². The molecule has 0 amide bonds. The predicted molar refractivity (Wildman–Crippen MR) is 117 cm³/mol. The van der Waals surface area contributed by atoms with Gasteiger partial charge in [0.15, 0.2) is 5.96 Å². The van der Waals surface area contributed by atoms with Gasteiger partial charge in [0.2, 0.25) is 0 Å². The van der Waals surface area contributed by atoms with Crippen LogP contribution in [0.5, 0.6) is 0 Å². The minimum absolute atomic E-state index is 0. The van der Waals surface area contributed by atoms with Crippen molar-refractivity contribution in [3.05, 3.63) is 34.9 Å². The van der Waals surface area contributed by atoms with Crippen LogP contribution in [0.15, 0.2) is 23.2 Å². The maximum absolute atomic E-state index is 4.41. The average molecular weight is 456 g/mol. The second kappa shape index (κ2) is 9.76. The second-order valence-corrected chi connectivity index (χ2v) is 7.42. The highest BCUT2D eigenvalue weighted by Crippen LogP contribution is 2.26. The molecule has 2 N–H and O–H groups in total. The molecule has 1 saturated carbocycles. The van der Waals surface area contributed by atoms with Crippen molar-refractivity contribution < 1.29 is 0 Å². The molecule has 1 aliphatic heterocycles. The first-order chi connectivity index (χ1) is 11.7. The highest BCUT2D eigenvalue weighted by molar-refractivity contribution is 14.0. The van der Waals surface area contributed by atoms with Crippen LogP contribution in [0.2, 0.25) is 0 Å². The normalized spacial score (nSPS) is 22.0. The number of aliphatic imine (C=N–C) groups is 1. The number of halogens is 1. The number of nitrogens with zero attached hydrogens (tertiary/aromatic N) is 2. The summed E-state index contributed by atoms with van der Waals surface area (Å²) in [5.74, 6) is 0.924. The van der Waals surface area contributed by atoms with Crippen LogP contribution in [0, 0.1) is 13.8 Å². The number of guanidine groups is 1. The van der Waals surface area contributed by atoms with E-state index in [2.05, 4.69) is 52.6 Å². The summed E-state index contributed by atoms with van der Waals surface area (Å²) >= 11 is 0. The molecule has 2 fully saturated rings. The quantitative estimate of drug-likeness (QED) is 0.413. The molecule has 25 heavy (non-hydrogen) atoms. The van der Waals surface area contributed by atoms with E-state index >= 15 is 0 Å². The molecule has 0 spiro atoms. The summed E-state index contributed by atoms with van der Waals surface area (Å²) in [4.78, 5) is 7.09. The Morgan fingerprint density at radius 1 is 1.20 bits per heavy atom. The fraction of sp³-hybridized carbons (Fsp3) is 0.650. The Hall–Kier alpha value is -0.820. The summed E-state index contributed by atoms with van der Waals surface area (Å²) in [5.41, 5.74) is 3.99. The van der Waals surface area contributed by atoms with Crippen molar-refractivity contribution in [3.8, 4) is 0 Å². The molecule has 1 heterocycles. The van der Waals surface area contributed by atoms with E-state index in [4.69, 9.17) is 0 Å². The van der Waals surface area contributed by atoms with E-state index in [9.17, 15) is 0 Å². The van der Waals surface area contributed by atoms with Gasteiger partial charge in [-0.1, -0.05) is 36.6 Å². The number of hydrogen-bond acceptors (Lipinski definition) is 2. The number of hydrogen-bond donors (Lipinski definition) is 2. The van der Waals surface area contributed by atoms with Gasteiger partial charge < -0.3 is 10.6 Å². The topological polar surface area (TPSA) is 39.7 Å². The monoisotopic (exact) mass is 456 g/mol. The van der Waals surface area contributed by atoms with Gasteiger partial charge in [-0.3, -0.25) is 9.89 Å². The predicted octanol–water partition coefficient (Wildman–Crippen LogP) is 3.60. The van der Waals surface area contributed by atoms with Crippen LogP contribution in [-0.4, -0.2) is 43.1 Å². The third-order valence-corrected chi connectivity index (χ3v) is 5.57. The summed E-state index contributed by atoms with van der Waals surface area (Å²) in [6.45, 7) is 7.54. The molecule has 1 aliphatic carbocycles. The fourth-order valence-corrected chi connectivity index (χ4v) is 4.12. The lowest BCUT2D eigenvalue weighted by Crippen LogP contribution is -2.45. The Kier molecular flexibility index (Phi) is 8.00. The fourth-order valence-electron chi connectivity index (χ4n) is 4.12. The maximum atomic E-state index is 4.41. The molecule has 0 bridgehead atoms. The van der Waals surface area contributed by atoms with Gasteiger partial charge in [0.05, 0.1) is 0 Å². The molecule has 140 valence electrons. The number of nitrogens with one attached hydrogen (secondary N) is 2. The molecule has 3 rings (SSSR count). The maximum Gasteiger partial charge on any atom is 0.191 e. The summed E-state index contributed by atoms with van der Waals surface area (Å²) in [5, 5.41) is 7.10. The third-order valence-electron chi connectivity index (χ3n) is 5.57. The van der Waals surface area contributed by atoms with E-state index in [1.807, 2.05) is 7.05 Å². The molecule has 1 aromatic rings. The summed E-state index contributed by atoms with van der Waals surface area (Å²) in [6, 6.07) is 7.99. The van der Waals surface area contributed by atoms with Gasteiger partial charge in [0.1, 0.15) is 0 Å². The van der Waals surface area contributed by atoms with Gasteiger partial charge in [0.25, 0.3) is 0 Å². The molecule has 4 nitrogen and oxygen atoms in total. The van der Waals surface area contributed by atoms with Crippen molar-refractivity contribution in [1.29, 1.82) is 0 Å². The Morgan fingerprint density at radius 2 is 1.96 bits per heavy atom. The van der Waals surface area contributed by atoms with E-state index in [-0.39, 0.29) is 24.0 Å². The Balaban J connectivity index is 0.00000225. The number of benzene rings is 1. The Labute approximate surface area is 169 Å². The number of rotatable bonds is 4. The molecule has 1 saturated heterocycles. The lowest BCUT2D eigenvalue weighted by molar-refractivity contribution is 0.242. The van der Waals surface area contributed by atoms with Gasteiger partial charge >= 0.3 is 0 Å². The molecule has 1 atom stereocenters. The largest absolute Gasteiger partial charge is 0.352 e. The summed E-state index contributed by atoms with van der Waals surface area (Å²) in [6.07, 6.45) is 6.84. The molecule has 5 heteroatoms. The lowest BCUT2D eigenvalue weighted by atomic mass is 10.1. The van der Waals surface area contributed by atoms with E-state index in [1.54, 1.807) is 0 Å². The Bertz CT molecular complexity index is 581. The van der Waals surface area contributed by atoms with Gasteiger partial charge in [-0.25, -0.2) is 0 Å². The zero-order chi connectivity index (χ0) is 16.9. The first-order valence-electron chi connectivity index (χ1n) is 9.43. The standard InChI is InChI=1S/C20H32N4.HI/c1-15-8-9-17(16(2)12-15)13-22-20(21-3)23-18-10-11-24(14-18)19-6-4-5-7-19;/h8-9,12,18-19H,4-7,10-11,13-14H2,1-3H3,(H2,21,22,23);1H. The van der Waals surface area contributed by atoms with Crippen molar-refractivity contribution in [1.82, 2.24) is 15.5 Å². The van der Waals surface area contributed by atoms with Crippen LogP contribution >= 0.6 is 24.0 Å². The minimum atomic E-state index is 0. The zero-order valence-corrected chi connectivity index (χ0v) is 18.2. The molecule has 1 aromatic carbocycles. The molecule has 2 aliphatic rings. The molecule has 0 aromatic heterocycles. The lowest BCUT2D eigenvalue weighted by Gasteiger charge is -2.24. The highest BCUT2D eigenvalue weighted by atomic mass is 127. The van der Waals surface area contributed by atoms with Crippen LogP contribution in [-0.2, 0) is 6.54 Å². The van der Waals surface area contributed by atoms with Crippen molar-refractivity contribution in [3.63, 3.8) is 0 Å². The van der Waals surface area contributed by atoms with E-state index in [1.165, 1.54) is 55.3 Å². The van der Waals surface area contributed by atoms with Crippen LogP contribution < -0.4 is 10.6 Å². The van der Waals surface area contributed by atoms with Gasteiger partial charge in [0, 0.05) is 38.8 Å². The molecular weight excluding hydrogens is 423 g/mol. The van der Waals surface area contributed by atoms with Crippen LogP contribution in [0.1, 0.15) is 48.8 Å². The van der Waals surface area contributed by atoms with Crippen LogP contribution in [0.25, 0.3) is 0 Å². The third kappa shape index (κ3) is 5.58. The van der Waals surface area contributed by atoms with E-state index in [0.717, 1.165) is 25.1 Å². The molecule has 1 unspecified atom stereocenters. The van der Waals surface area contributed by atoms with Crippen LogP contribution in [0.3, 0.4) is 0 Å². The number of aryl methyl sites for hydroxylation is 2. The van der Waals surface area contributed by atoms with Crippen molar-refractivity contribution in [2.75, 3.05) is 20.1 Å². The van der Waals surface area contributed by atoms with E-state index < -0.39 is 0 Å². The average Bonchev–Trinajstić information content (AvgIpc) is 3.24. The SMILES string of the molecule is CN=C(NCc1ccc(C)cc1C)NC1CCN(C2CCCC2)C1.I. The van der Waals surface area contributed by atoms with Crippen LogP contribution in [0.4, 0.5) is 0 Å². The zero-order valence-electron chi connectivity index (χ0n) is 15.8. The van der Waals surface area contributed by atoms with Crippen molar-refractivity contribution in [2.45, 2.75) is 64.6 Å². The number of likely N-dealkylation sites (tertiary alicyclic amines) is 1. The summed E-state index contributed by atoms with van der Waals surface area (Å²) in [7, 11) is 1.86. The van der Waals surface area contributed by atoms with Gasteiger partial charge in [-0.15, -0.1) is 24.0 Å².